The smallest absolute Gasteiger partial charge is 0.0178 e. The average Bonchev–Trinajstić information content (AvgIpc) is 2.61. The van der Waals surface area contributed by atoms with Gasteiger partial charge in [-0.25, -0.2) is 0 Å². The van der Waals surface area contributed by atoms with E-state index in [2.05, 4.69) is 55.1 Å². The lowest BCUT2D eigenvalue weighted by Crippen LogP contribution is -1.81. The summed E-state index contributed by atoms with van der Waals surface area (Å²) in [4.78, 5) is 0. The van der Waals surface area contributed by atoms with Gasteiger partial charge in [0.1, 0.15) is 0 Å². The molecule has 0 fully saturated rings. The van der Waals surface area contributed by atoms with Gasteiger partial charge in [0.05, 0.1) is 0 Å². The molecule has 0 aliphatic rings. The third-order valence-corrected chi connectivity index (χ3v) is 2.46. The van der Waals surface area contributed by atoms with Crippen LogP contribution in [0.4, 0.5) is 0 Å². The summed E-state index contributed by atoms with van der Waals surface area (Å²) in [6, 6.07) is 18.9. The maximum atomic E-state index is 3.96. The highest BCUT2D eigenvalue weighted by Gasteiger charge is 1.98. The van der Waals surface area contributed by atoms with Gasteiger partial charge in [-0.2, -0.15) is 0 Å². The fourth-order valence-electron chi connectivity index (χ4n) is 1.59. The minimum atomic E-state index is 1.10. The highest BCUT2D eigenvalue weighted by Crippen LogP contribution is 2.22. The Bertz CT molecular complexity index is 466. The van der Waals surface area contributed by atoms with Gasteiger partial charge in [0.25, 0.3) is 0 Å². The number of hydrogen-bond acceptors (Lipinski definition) is 0. The Kier molecular flexibility index (Phi) is 14.9. The third-order valence-electron chi connectivity index (χ3n) is 2.46. The number of benzene rings is 2. The van der Waals surface area contributed by atoms with E-state index >= 15 is 0 Å². The molecule has 0 heteroatoms. The van der Waals surface area contributed by atoms with E-state index in [0.717, 1.165) is 5.57 Å². The first-order valence-electron chi connectivity index (χ1n) is 8.09. The highest BCUT2D eigenvalue weighted by atomic mass is 14.0. The van der Waals surface area contributed by atoms with Crippen molar-refractivity contribution in [3.8, 4) is 11.1 Å². The van der Waals surface area contributed by atoms with Crippen molar-refractivity contribution in [1.29, 1.82) is 0 Å². The molecule has 0 heterocycles. The molecule has 2 aromatic carbocycles. The van der Waals surface area contributed by atoms with E-state index in [-0.39, 0.29) is 0 Å². The van der Waals surface area contributed by atoms with Gasteiger partial charge < -0.3 is 0 Å². The lowest BCUT2D eigenvalue weighted by molar-refractivity contribution is 1.50. The average molecular weight is 284 g/mol. The summed E-state index contributed by atoms with van der Waals surface area (Å²) in [5.74, 6) is 0. The Balaban J connectivity index is 0. The predicted molar refractivity (Wildman–Crippen MR) is 101 cm³/mol. The second-order valence-electron chi connectivity index (χ2n) is 3.73. The molecule has 0 atom stereocenters. The molecule has 0 aliphatic heterocycles. The first-order chi connectivity index (χ1) is 10.3. The Hall–Kier alpha value is -1.82. The molecule has 0 amide bonds. The van der Waals surface area contributed by atoms with Crippen LogP contribution in [0, 0.1) is 0 Å². The summed E-state index contributed by atoms with van der Waals surface area (Å²) < 4.78 is 0. The van der Waals surface area contributed by atoms with Crippen LogP contribution in [0.5, 0.6) is 0 Å². The molecule has 0 aliphatic carbocycles. The van der Waals surface area contributed by atoms with E-state index in [9.17, 15) is 0 Å². The van der Waals surface area contributed by atoms with Gasteiger partial charge in [-0.05, 0) is 29.7 Å². The molecule has 0 spiro atoms. The summed E-state index contributed by atoms with van der Waals surface area (Å²) >= 11 is 0. The normalized spacial score (nSPS) is 7.95. The topological polar surface area (TPSA) is 0 Å². The Morgan fingerprint density at radius 1 is 0.667 bits per heavy atom. The summed E-state index contributed by atoms with van der Waals surface area (Å²) in [7, 11) is 0. The number of hydrogen-bond donors (Lipinski definition) is 0. The van der Waals surface area contributed by atoms with E-state index in [1.807, 2.05) is 54.5 Å². The molecule has 0 N–H and O–H groups in total. The van der Waals surface area contributed by atoms with Crippen molar-refractivity contribution in [3.05, 3.63) is 66.7 Å². The van der Waals surface area contributed by atoms with Crippen LogP contribution in [0.15, 0.2) is 61.2 Å². The van der Waals surface area contributed by atoms with Crippen molar-refractivity contribution in [2.45, 2.75) is 48.5 Å². The highest BCUT2D eigenvalue weighted by molar-refractivity contribution is 5.70. The van der Waals surface area contributed by atoms with Crippen LogP contribution in [0.1, 0.15) is 54.0 Å². The van der Waals surface area contributed by atoms with E-state index in [0.29, 0.717) is 0 Å². The van der Waals surface area contributed by atoms with Gasteiger partial charge in [0.2, 0.25) is 0 Å². The fraction of sp³-hybridized carbons (Fsp3) is 0.333. The predicted octanol–water partition coefficient (Wildman–Crippen LogP) is 7.47. The first-order valence-corrected chi connectivity index (χ1v) is 8.09. The summed E-state index contributed by atoms with van der Waals surface area (Å²) in [5, 5.41) is 0. The first kappa shape index (κ1) is 21.5. The van der Waals surface area contributed by atoms with Gasteiger partial charge in [0, 0.05) is 0 Å². The monoisotopic (exact) mass is 284 g/mol. The van der Waals surface area contributed by atoms with Gasteiger partial charge in [-0.1, -0.05) is 102 Å². The van der Waals surface area contributed by atoms with Crippen molar-refractivity contribution in [2.24, 2.45) is 0 Å². The molecule has 0 radical (unpaired) electrons. The standard InChI is InChI=1S/C15H14.3C2H6/c1-12(2)14-9-6-10-15(11-14)13-7-4-3-5-8-13;3*1-2/h3-11H,1H2,2H3;3*1-2H3. The SMILES string of the molecule is C=C(C)c1cccc(-c2ccccc2)c1.CC.CC.CC. The molecule has 0 aromatic heterocycles. The Morgan fingerprint density at radius 2 is 1.14 bits per heavy atom. The summed E-state index contributed by atoms with van der Waals surface area (Å²) in [5.41, 5.74) is 4.81. The van der Waals surface area contributed by atoms with Crippen molar-refractivity contribution >= 4 is 5.57 Å². The zero-order valence-corrected chi connectivity index (χ0v) is 14.9. The maximum absolute atomic E-state index is 3.96. The zero-order valence-electron chi connectivity index (χ0n) is 14.9. The molecule has 2 rings (SSSR count). The number of allylic oxidation sites excluding steroid dienone is 1. The van der Waals surface area contributed by atoms with Crippen molar-refractivity contribution in [2.75, 3.05) is 0 Å². The minimum absolute atomic E-state index is 1.10. The minimum Gasteiger partial charge on any atom is -0.0955 e. The van der Waals surface area contributed by atoms with Gasteiger partial charge in [-0.3, -0.25) is 0 Å². The second kappa shape index (κ2) is 14.6. The molecule has 0 bridgehead atoms. The quantitative estimate of drug-likeness (QED) is 0.536. The Morgan fingerprint density at radius 3 is 1.62 bits per heavy atom. The van der Waals surface area contributed by atoms with E-state index in [1.165, 1.54) is 16.7 Å². The summed E-state index contributed by atoms with van der Waals surface area (Å²) in [6.07, 6.45) is 0. The van der Waals surface area contributed by atoms with Gasteiger partial charge >= 0.3 is 0 Å². The number of rotatable bonds is 2. The van der Waals surface area contributed by atoms with E-state index < -0.39 is 0 Å². The van der Waals surface area contributed by atoms with Crippen LogP contribution < -0.4 is 0 Å². The van der Waals surface area contributed by atoms with Crippen LogP contribution in [0.3, 0.4) is 0 Å². The molecule has 0 saturated carbocycles. The molecular formula is C21H32. The van der Waals surface area contributed by atoms with Gasteiger partial charge in [0.15, 0.2) is 0 Å². The third kappa shape index (κ3) is 8.14. The lowest BCUT2D eigenvalue weighted by Gasteiger charge is -2.04. The maximum Gasteiger partial charge on any atom is -0.0178 e. The van der Waals surface area contributed by atoms with Crippen molar-refractivity contribution in [3.63, 3.8) is 0 Å². The Labute approximate surface area is 132 Å². The molecular weight excluding hydrogens is 252 g/mol. The lowest BCUT2D eigenvalue weighted by atomic mass is 10.0. The molecule has 21 heavy (non-hydrogen) atoms. The van der Waals surface area contributed by atoms with Crippen LogP contribution in [0.2, 0.25) is 0 Å². The van der Waals surface area contributed by atoms with Gasteiger partial charge in [-0.15, -0.1) is 0 Å². The molecule has 0 nitrogen and oxygen atoms in total. The van der Waals surface area contributed by atoms with Crippen LogP contribution in [-0.2, 0) is 0 Å². The van der Waals surface area contributed by atoms with Crippen molar-refractivity contribution in [1.82, 2.24) is 0 Å². The fourth-order valence-corrected chi connectivity index (χ4v) is 1.59. The molecule has 116 valence electrons. The largest absolute Gasteiger partial charge is 0.0955 e. The van der Waals surface area contributed by atoms with Crippen molar-refractivity contribution < 1.29 is 0 Å². The van der Waals surface area contributed by atoms with Crippen LogP contribution in [0.25, 0.3) is 16.7 Å². The second-order valence-corrected chi connectivity index (χ2v) is 3.73. The van der Waals surface area contributed by atoms with E-state index in [4.69, 9.17) is 0 Å². The van der Waals surface area contributed by atoms with E-state index in [1.54, 1.807) is 0 Å². The van der Waals surface area contributed by atoms with Crippen LogP contribution in [-0.4, -0.2) is 0 Å². The molecule has 0 saturated heterocycles. The zero-order chi connectivity index (χ0) is 16.7. The molecule has 2 aromatic rings. The molecule has 0 unspecified atom stereocenters. The van der Waals surface area contributed by atoms with Crippen LogP contribution >= 0.6 is 0 Å². The summed E-state index contributed by atoms with van der Waals surface area (Å²) in [6.45, 7) is 18.0.